The zero-order valence-corrected chi connectivity index (χ0v) is 12.8. The predicted octanol–water partition coefficient (Wildman–Crippen LogP) is -0.883. The summed E-state index contributed by atoms with van der Waals surface area (Å²) < 4.78 is 51.1. The fraction of sp³-hybridized carbons (Fsp3) is 1.00. The molecule has 0 aliphatic heterocycles. The lowest BCUT2D eigenvalue weighted by Gasteiger charge is -2.28. The monoisotopic (exact) mass is 313 g/mol. The Balaban J connectivity index is 2.52. The lowest BCUT2D eigenvalue weighted by Crippen LogP contribution is -2.52. The van der Waals surface area contributed by atoms with Gasteiger partial charge in [-0.3, -0.25) is 0 Å². The minimum Gasteiger partial charge on any atom is -0.329 e. The third-order valence-corrected chi connectivity index (χ3v) is 6.29. The van der Waals surface area contributed by atoms with E-state index >= 15 is 0 Å². The van der Waals surface area contributed by atoms with Gasteiger partial charge in [0.15, 0.2) is 0 Å². The number of nitrogens with one attached hydrogen (secondary N) is 2. The van der Waals surface area contributed by atoms with Gasteiger partial charge in [-0.2, -0.15) is 0 Å². The Morgan fingerprint density at radius 1 is 1.11 bits per heavy atom. The average Bonchev–Trinajstić information content (AvgIpc) is 2.77. The quantitative estimate of drug-likeness (QED) is 0.537. The Morgan fingerprint density at radius 2 is 1.68 bits per heavy atom. The summed E-state index contributed by atoms with van der Waals surface area (Å²) in [6.07, 6.45) is 3.40. The molecule has 0 aromatic rings. The van der Waals surface area contributed by atoms with Crippen LogP contribution in [0.2, 0.25) is 0 Å². The van der Waals surface area contributed by atoms with Crippen molar-refractivity contribution in [3.8, 4) is 0 Å². The van der Waals surface area contributed by atoms with Gasteiger partial charge in [-0.25, -0.2) is 26.3 Å². The first-order valence-corrected chi connectivity index (χ1v) is 9.74. The normalized spacial score (nSPS) is 19.7. The van der Waals surface area contributed by atoms with Crippen LogP contribution in [-0.4, -0.2) is 47.0 Å². The van der Waals surface area contributed by atoms with Gasteiger partial charge < -0.3 is 5.73 Å². The van der Waals surface area contributed by atoms with Crippen LogP contribution in [0, 0.1) is 0 Å². The molecule has 1 aliphatic rings. The van der Waals surface area contributed by atoms with E-state index < -0.39 is 25.6 Å². The molecule has 0 bridgehead atoms. The molecule has 7 nitrogen and oxygen atoms in total. The highest BCUT2D eigenvalue weighted by Crippen LogP contribution is 2.29. The highest BCUT2D eigenvalue weighted by Gasteiger charge is 2.36. The SMILES string of the molecule is CCS(=O)(=O)NCCS(=O)(=O)NC1(CN)CCCC1. The van der Waals surface area contributed by atoms with Crippen molar-refractivity contribution < 1.29 is 16.8 Å². The van der Waals surface area contributed by atoms with Crippen molar-refractivity contribution in [2.24, 2.45) is 5.73 Å². The molecule has 0 aromatic heterocycles. The molecule has 1 rings (SSSR count). The van der Waals surface area contributed by atoms with Crippen LogP contribution in [0.3, 0.4) is 0 Å². The highest BCUT2D eigenvalue weighted by molar-refractivity contribution is 7.90. The zero-order chi connectivity index (χ0) is 14.6. The fourth-order valence-electron chi connectivity index (χ4n) is 2.21. The summed E-state index contributed by atoms with van der Waals surface area (Å²) >= 11 is 0. The topological polar surface area (TPSA) is 118 Å². The summed E-state index contributed by atoms with van der Waals surface area (Å²) in [5.41, 5.74) is 5.12. The Hall–Kier alpha value is -0.220. The summed E-state index contributed by atoms with van der Waals surface area (Å²) in [7, 11) is -6.88. The molecule has 0 spiro atoms. The second kappa shape index (κ2) is 6.49. The van der Waals surface area contributed by atoms with Gasteiger partial charge >= 0.3 is 0 Å². The first-order valence-electron chi connectivity index (χ1n) is 6.43. The van der Waals surface area contributed by atoms with Crippen molar-refractivity contribution in [3.05, 3.63) is 0 Å². The molecule has 1 fully saturated rings. The lowest BCUT2D eigenvalue weighted by atomic mass is 10.0. The van der Waals surface area contributed by atoms with Crippen LogP contribution < -0.4 is 15.2 Å². The van der Waals surface area contributed by atoms with Crippen molar-refractivity contribution in [3.63, 3.8) is 0 Å². The molecule has 0 amide bonds. The summed E-state index contributed by atoms with van der Waals surface area (Å²) in [5, 5.41) is 0. The average molecular weight is 313 g/mol. The maximum atomic E-state index is 11.9. The minimum atomic E-state index is -3.52. The molecule has 0 heterocycles. The number of rotatable bonds is 8. The van der Waals surface area contributed by atoms with Gasteiger partial charge in [-0.15, -0.1) is 0 Å². The number of hydrogen-bond acceptors (Lipinski definition) is 5. The van der Waals surface area contributed by atoms with E-state index in [9.17, 15) is 16.8 Å². The first-order chi connectivity index (χ1) is 8.74. The van der Waals surface area contributed by atoms with Gasteiger partial charge in [0.1, 0.15) is 0 Å². The van der Waals surface area contributed by atoms with Crippen molar-refractivity contribution in [1.29, 1.82) is 0 Å². The fourth-order valence-corrected chi connectivity index (χ4v) is 4.38. The molecular weight excluding hydrogens is 290 g/mol. The molecule has 0 aromatic carbocycles. The Bertz CT molecular complexity index is 481. The number of hydrogen-bond donors (Lipinski definition) is 3. The van der Waals surface area contributed by atoms with Crippen molar-refractivity contribution in [1.82, 2.24) is 9.44 Å². The summed E-state index contributed by atoms with van der Waals surface area (Å²) in [4.78, 5) is 0. The van der Waals surface area contributed by atoms with Crippen LogP contribution in [-0.2, 0) is 20.0 Å². The van der Waals surface area contributed by atoms with E-state index in [1.165, 1.54) is 6.92 Å². The van der Waals surface area contributed by atoms with E-state index in [1.54, 1.807) is 0 Å². The third-order valence-electron chi connectivity index (χ3n) is 3.40. The Morgan fingerprint density at radius 3 is 2.16 bits per heavy atom. The van der Waals surface area contributed by atoms with Crippen LogP contribution in [0.15, 0.2) is 0 Å². The second-order valence-electron chi connectivity index (χ2n) is 4.91. The van der Waals surface area contributed by atoms with E-state index in [4.69, 9.17) is 5.73 Å². The minimum absolute atomic E-state index is 0.0623. The highest BCUT2D eigenvalue weighted by atomic mass is 32.2. The molecular formula is C10H23N3O4S2. The van der Waals surface area contributed by atoms with Gasteiger partial charge in [0.05, 0.1) is 11.5 Å². The van der Waals surface area contributed by atoms with Gasteiger partial charge in [0, 0.05) is 18.6 Å². The molecule has 19 heavy (non-hydrogen) atoms. The molecule has 0 atom stereocenters. The van der Waals surface area contributed by atoms with Crippen LogP contribution >= 0.6 is 0 Å². The van der Waals surface area contributed by atoms with Gasteiger partial charge in [-0.1, -0.05) is 12.8 Å². The van der Waals surface area contributed by atoms with Gasteiger partial charge in [-0.05, 0) is 19.8 Å². The smallest absolute Gasteiger partial charge is 0.213 e. The van der Waals surface area contributed by atoms with E-state index in [-0.39, 0.29) is 24.6 Å². The first kappa shape index (κ1) is 16.8. The third kappa shape index (κ3) is 5.35. The summed E-state index contributed by atoms with van der Waals surface area (Å²) in [6.45, 7) is 1.65. The van der Waals surface area contributed by atoms with E-state index in [0.29, 0.717) is 0 Å². The Kier molecular flexibility index (Phi) is 5.75. The molecule has 114 valence electrons. The molecule has 9 heteroatoms. The van der Waals surface area contributed by atoms with Crippen LogP contribution in [0.25, 0.3) is 0 Å². The number of sulfonamides is 2. The summed E-state index contributed by atoms with van der Waals surface area (Å²) in [5.74, 6) is -0.332. The van der Waals surface area contributed by atoms with E-state index in [1.807, 2.05) is 0 Å². The molecule has 0 unspecified atom stereocenters. The maximum Gasteiger partial charge on any atom is 0.213 e. The Labute approximate surface area is 115 Å². The molecule has 4 N–H and O–H groups in total. The van der Waals surface area contributed by atoms with Gasteiger partial charge in [0.2, 0.25) is 20.0 Å². The molecule has 1 saturated carbocycles. The molecule has 1 aliphatic carbocycles. The van der Waals surface area contributed by atoms with Crippen LogP contribution in [0.4, 0.5) is 0 Å². The van der Waals surface area contributed by atoms with E-state index in [0.717, 1.165) is 25.7 Å². The number of nitrogens with two attached hydrogens (primary N) is 1. The second-order valence-corrected chi connectivity index (χ2v) is 8.85. The maximum absolute atomic E-state index is 11.9. The lowest BCUT2D eigenvalue weighted by molar-refractivity contribution is 0.399. The zero-order valence-electron chi connectivity index (χ0n) is 11.2. The molecule has 0 radical (unpaired) electrons. The van der Waals surface area contributed by atoms with Gasteiger partial charge in [0.25, 0.3) is 0 Å². The van der Waals surface area contributed by atoms with Crippen molar-refractivity contribution >= 4 is 20.0 Å². The van der Waals surface area contributed by atoms with E-state index in [2.05, 4.69) is 9.44 Å². The van der Waals surface area contributed by atoms with Crippen LogP contribution in [0.5, 0.6) is 0 Å². The standard InChI is InChI=1S/C10H23N3O4S2/c1-2-18(14,15)12-7-8-19(16,17)13-10(9-11)5-3-4-6-10/h12-13H,2-9,11H2,1H3. The van der Waals surface area contributed by atoms with Crippen molar-refractivity contribution in [2.75, 3.05) is 24.6 Å². The largest absolute Gasteiger partial charge is 0.329 e. The van der Waals surface area contributed by atoms with Crippen LogP contribution in [0.1, 0.15) is 32.6 Å². The summed E-state index contributed by atoms with van der Waals surface area (Å²) in [6, 6.07) is 0. The molecule has 0 saturated heterocycles. The predicted molar refractivity (Wildman–Crippen MR) is 74.6 cm³/mol. The van der Waals surface area contributed by atoms with Crippen molar-refractivity contribution in [2.45, 2.75) is 38.1 Å².